The monoisotopic (exact) mass is 269 g/mol. The topological polar surface area (TPSA) is 121 Å². The molecule has 7 nitrogen and oxygen atoms in total. The van der Waals surface area contributed by atoms with Crippen LogP contribution in [0.15, 0.2) is 22.9 Å². The number of nitrogens with two attached hydrogens (primary N) is 2. The van der Waals surface area contributed by atoms with Crippen molar-refractivity contribution in [2.45, 2.75) is 13.5 Å². The second-order valence-electron chi connectivity index (χ2n) is 3.19. The minimum absolute atomic E-state index is 0.216. The molecule has 0 unspecified atom stereocenters. The Balaban J connectivity index is 0.000000357. The summed E-state index contributed by atoms with van der Waals surface area (Å²) in [6.07, 6.45) is 1.58. The maximum absolute atomic E-state index is 9.22. The molecule has 0 radical (unpaired) electrons. The van der Waals surface area contributed by atoms with Crippen LogP contribution in [0.5, 0.6) is 0 Å². The number of aromatic nitrogens is 3. The minimum Gasteiger partial charge on any atom is -0.370 e. The molecule has 0 fully saturated rings. The van der Waals surface area contributed by atoms with Crippen molar-refractivity contribution in [2.24, 2.45) is 11.5 Å². The molecule has 2 aromatic heterocycles. The highest BCUT2D eigenvalue weighted by atomic mass is 35.5. The van der Waals surface area contributed by atoms with Crippen LogP contribution in [-0.4, -0.2) is 21.0 Å². The molecule has 2 heterocycles. The summed E-state index contributed by atoms with van der Waals surface area (Å²) in [5.74, 6) is 0.440. The molecule has 0 atom stereocenters. The van der Waals surface area contributed by atoms with Gasteiger partial charge in [-0.2, -0.15) is 4.98 Å². The lowest BCUT2D eigenvalue weighted by atomic mass is 10.3. The first-order valence-electron chi connectivity index (χ1n) is 4.93. The fourth-order valence-corrected chi connectivity index (χ4v) is 1.13. The van der Waals surface area contributed by atoms with E-state index in [9.17, 15) is 4.79 Å². The van der Waals surface area contributed by atoms with Crippen LogP contribution in [0.25, 0.3) is 11.5 Å². The normalized spacial score (nSPS) is 9.50. The van der Waals surface area contributed by atoms with Crippen molar-refractivity contribution in [3.8, 4) is 11.5 Å². The fraction of sp³-hybridized carbons (Fsp3) is 0.200. The van der Waals surface area contributed by atoms with Crippen molar-refractivity contribution in [1.29, 1.82) is 0 Å². The van der Waals surface area contributed by atoms with Gasteiger partial charge in [0.05, 0.1) is 6.54 Å². The number of primary amides is 1. The molecule has 0 aromatic carbocycles. The highest BCUT2D eigenvalue weighted by Crippen LogP contribution is 2.16. The van der Waals surface area contributed by atoms with Gasteiger partial charge in [0.15, 0.2) is 0 Å². The van der Waals surface area contributed by atoms with Crippen LogP contribution in [0, 0.1) is 0 Å². The SMILES string of the molecule is CC(N)=O.NCc1nc(-c2cc(Cl)ccn2)no1. The van der Waals surface area contributed by atoms with E-state index in [0.717, 1.165) is 0 Å². The fourth-order valence-electron chi connectivity index (χ4n) is 0.969. The Morgan fingerprint density at radius 2 is 2.22 bits per heavy atom. The lowest BCUT2D eigenvalue weighted by molar-refractivity contribution is -0.115. The summed E-state index contributed by atoms with van der Waals surface area (Å²) in [5, 5.41) is 4.29. The summed E-state index contributed by atoms with van der Waals surface area (Å²) < 4.78 is 4.84. The number of hydrogen-bond donors (Lipinski definition) is 2. The number of halogens is 1. The first-order chi connectivity index (χ1) is 8.52. The summed E-state index contributed by atoms with van der Waals surface area (Å²) >= 11 is 5.78. The van der Waals surface area contributed by atoms with E-state index in [2.05, 4.69) is 20.9 Å². The highest BCUT2D eigenvalue weighted by molar-refractivity contribution is 6.30. The quantitative estimate of drug-likeness (QED) is 0.829. The van der Waals surface area contributed by atoms with Crippen molar-refractivity contribution in [1.82, 2.24) is 15.1 Å². The molecular formula is C10H12ClN5O2. The molecular weight excluding hydrogens is 258 g/mol. The van der Waals surface area contributed by atoms with Gasteiger partial charge < -0.3 is 16.0 Å². The van der Waals surface area contributed by atoms with Gasteiger partial charge >= 0.3 is 0 Å². The summed E-state index contributed by atoms with van der Waals surface area (Å²) in [5.41, 5.74) is 10.4. The lowest BCUT2D eigenvalue weighted by Gasteiger charge is -1.92. The Morgan fingerprint density at radius 1 is 1.56 bits per heavy atom. The van der Waals surface area contributed by atoms with E-state index in [1.54, 1.807) is 18.3 Å². The van der Waals surface area contributed by atoms with Crippen molar-refractivity contribution in [3.63, 3.8) is 0 Å². The van der Waals surface area contributed by atoms with Crippen LogP contribution in [0.3, 0.4) is 0 Å². The highest BCUT2D eigenvalue weighted by Gasteiger charge is 2.08. The van der Waals surface area contributed by atoms with E-state index in [4.69, 9.17) is 21.9 Å². The molecule has 96 valence electrons. The third-order valence-electron chi connectivity index (χ3n) is 1.59. The molecule has 0 aliphatic heterocycles. The first-order valence-corrected chi connectivity index (χ1v) is 5.31. The first kappa shape index (κ1) is 14.1. The zero-order chi connectivity index (χ0) is 13.5. The Bertz CT molecular complexity index is 524. The molecule has 4 N–H and O–H groups in total. The molecule has 2 rings (SSSR count). The van der Waals surface area contributed by atoms with E-state index in [1.165, 1.54) is 6.92 Å². The number of nitrogens with zero attached hydrogens (tertiary/aromatic N) is 3. The van der Waals surface area contributed by atoms with Gasteiger partial charge in [0.25, 0.3) is 0 Å². The number of pyridine rings is 1. The third-order valence-corrected chi connectivity index (χ3v) is 1.83. The minimum atomic E-state index is -0.333. The molecule has 18 heavy (non-hydrogen) atoms. The van der Waals surface area contributed by atoms with E-state index in [0.29, 0.717) is 22.4 Å². The van der Waals surface area contributed by atoms with Gasteiger partial charge in [-0.15, -0.1) is 0 Å². The van der Waals surface area contributed by atoms with Gasteiger partial charge in [-0.3, -0.25) is 9.78 Å². The van der Waals surface area contributed by atoms with Crippen molar-refractivity contribution in [2.75, 3.05) is 0 Å². The van der Waals surface area contributed by atoms with Crippen LogP contribution in [0.4, 0.5) is 0 Å². The second-order valence-corrected chi connectivity index (χ2v) is 3.62. The van der Waals surface area contributed by atoms with Crippen LogP contribution < -0.4 is 11.5 Å². The van der Waals surface area contributed by atoms with E-state index in [-0.39, 0.29) is 12.5 Å². The van der Waals surface area contributed by atoms with Crippen LogP contribution >= 0.6 is 11.6 Å². The largest absolute Gasteiger partial charge is 0.370 e. The number of hydrogen-bond acceptors (Lipinski definition) is 6. The molecule has 0 saturated carbocycles. The number of rotatable bonds is 2. The van der Waals surface area contributed by atoms with Gasteiger partial charge in [0, 0.05) is 18.1 Å². The van der Waals surface area contributed by atoms with Gasteiger partial charge in [-0.25, -0.2) is 0 Å². The second kappa shape index (κ2) is 6.67. The maximum atomic E-state index is 9.22. The Labute approximate surface area is 108 Å². The molecule has 0 saturated heterocycles. The van der Waals surface area contributed by atoms with Gasteiger partial charge in [-0.05, 0) is 12.1 Å². The maximum Gasteiger partial charge on any atom is 0.240 e. The molecule has 1 amide bonds. The molecule has 0 spiro atoms. The zero-order valence-corrected chi connectivity index (χ0v) is 10.4. The van der Waals surface area contributed by atoms with Crippen molar-refractivity contribution < 1.29 is 9.32 Å². The molecule has 8 heteroatoms. The summed E-state index contributed by atoms with van der Waals surface area (Å²) in [7, 11) is 0. The molecule has 0 aliphatic rings. The molecule has 2 aromatic rings. The predicted molar refractivity (Wildman–Crippen MR) is 65.3 cm³/mol. The number of amides is 1. The van der Waals surface area contributed by atoms with Crippen LogP contribution in [0.2, 0.25) is 5.02 Å². The summed E-state index contributed by atoms with van der Waals surface area (Å²) in [4.78, 5) is 17.3. The number of carbonyl (C=O) groups excluding carboxylic acids is 1. The molecule has 0 bridgehead atoms. The average Bonchev–Trinajstić information content (AvgIpc) is 2.76. The van der Waals surface area contributed by atoms with E-state index in [1.807, 2.05) is 0 Å². The average molecular weight is 270 g/mol. The number of carbonyl (C=O) groups is 1. The Morgan fingerprint density at radius 3 is 2.72 bits per heavy atom. The van der Waals surface area contributed by atoms with Crippen molar-refractivity contribution in [3.05, 3.63) is 29.2 Å². The molecule has 0 aliphatic carbocycles. The van der Waals surface area contributed by atoms with Crippen LogP contribution in [-0.2, 0) is 11.3 Å². The van der Waals surface area contributed by atoms with Gasteiger partial charge in [-0.1, -0.05) is 16.8 Å². The smallest absolute Gasteiger partial charge is 0.240 e. The third kappa shape index (κ3) is 4.48. The van der Waals surface area contributed by atoms with Gasteiger partial charge in [0.2, 0.25) is 17.6 Å². The summed E-state index contributed by atoms with van der Waals surface area (Å²) in [6.45, 7) is 1.52. The summed E-state index contributed by atoms with van der Waals surface area (Å²) in [6, 6.07) is 3.34. The Hall–Kier alpha value is -1.99. The lowest BCUT2D eigenvalue weighted by Crippen LogP contribution is -2.01. The van der Waals surface area contributed by atoms with Gasteiger partial charge in [0.1, 0.15) is 5.69 Å². The standard InChI is InChI=1S/C8H7ClN4O.C2H5NO/c9-5-1-2-11-6(3-5)8-12-7(4-10)14-13-8;1-2(3)4/h1-3H,4,10H2;1H3,(H2,3,4). The van der Waals surface area contributed by atoms with Crippen LogP contribution in [0.1, 0.15) is 12.8 Å². The van der Waals surface area contributed by atoms with Crippen molar-refractivity contribution >= 4 is 17.5 Å². The Kier molecular flexibility index (Phi) is 5.22. The van der Waals surface area contributed by atoms with E-state index >= 15 is 0 Å². The van der Waals surface area contributed by atoms with E-state index < -0.39 is 0 Å². The predicted octanol–water partition coefficient (Wildman–Crippen LogP) is 0.735. The zero-order valence-electron chi connectivity index (χ0n) is 9.63.